The Balaban J connectivity index is 1.66. The number of carbonyl (C=O) groups excluding carboxylic acids is 1. The Morgan fingerprint density at radius 1 is 1.40 bits per heavy atom. The topological polar surface area (TPSA) is 73.1 Å². The minimum atomic E-state index is 0.136. The van der Waals surface area contributed by atoms with Crippen molar-refractivity contribution < 1.29 is 9.53 Å². The average molecular weight is 343 g/mol. The predicted molar refractivity (Wildman–Crippen MR) is 93.0 cm³/mol. The van der Waals surface area contributed by atoms with Crippen LogP contribution < -0.4 is 0 Å². The molecular weight excluding hydrogens is 318 g/mol. The number of amides is 1. The van der Waals surface area contributed by atoms with Crippen LogP contribution in [0.2, 0.25) is 0 Å². The smallest absolute Gasteiger partial charge is 0.227 e. The molecule has 1 amide bonds. The fourth-order valence-corrected chi connectivity index (χ4v) is 3.30. The van der Waals surface area contributed by atoms with Gasteiger partial charge < -0.3 is 9.64 Å². The molecule has 1 atom stereocenters. The third-order valence-electron chi connectivity index (χ3n) is 4.82. The van der Waals surface area contributed by atoms with Crippen LogP contribution in [0, 0.1) is 19.8 Å². The molecule has 7 nitrogen and oxygen atoms in total. The summed E-state index contributed by atoms with van der Waals surface area (Å²) in [5.41, 5.74) is 3.99. The molecule has 0 saturated carbocycles. The molecule has 0 aliphatic carbocycles. The van der Waals surface area contributed by atoms with Crippen LogP contribution in [0.15, 0.2) is 18.6 Å². The molecule has 0 bridgehead atoms. The Labute approximate surface area is 148 Å². The van der Waals surface area contributed by atoms with Crippen LogP contribution in [-0.4, -0.2) is 56.9 Å². The van der Waals surface area contributed by atoms with E-state index < -0.39 is 0 Å². The summed E-state index contributed by atoms with van der Waals surface area (Å²) in [6.07, 6.45) is 4.49. The van der Waals surface area contributed by atoms with Crippen molar-refractivity contribution in [2.45, 2.75) is 26.7 Å². The molecule has 3 rings (SSSR count). The summed E-state index contributed by atoms with van der Waals surface area (Å²) in [4.78, 5) is 23.0. The monoisotopic (exact) mass is 343 g/mol. The predicted octanol–water partition coefficient (Wildman–Crippen LogP) is 1.09. The van der Waals surface area contributed by atoms with E-state index in [2.05, 4.69) is 15.1 Å². The largest absolute Gasteiger partial charge is 0.379 e. The summed E-state index contributed by atoms with van der Waals surface area (Å²) in [5.74, 6) is 0.384. The Hall–Kier alpha value is -2.28. The highest BCUT2D eigenvalue weighted by molar-refractivity contribution is 5.79. The summed E-state index contributed by atoms with van der Waals surface area (Å²) in [6, 6.07) is 1.92. The number of ether oxygens (including phenoxy) is 1. The maximum atomic E-state index is 12.8. The lowest BCUT2D eigenvalue weighted by Gasteiger charge is -2.23. The van der Waals surface area contributed by atoms with Crippen LogP contribution in [0.1, 0.15) is 22.6 Å². The van der Waals surface area contributed by atoms with Crippen molar-refractivity contribution in [3.63, 3.8) is 0 Å². The Kier molecular flexibility index (Phi) is 5.43. The molecule has 3 heterocycles. The van der Waals surface area contributed by atoms with Gasteiger partial charge in [0.2, 0.25) is 5.91 Å². The van der Waals surface area contributed by atoms with Gasteiger partial charge in [0, 0.05) is 49.2 Å². The second-order valence-electron chi connectivity index (χ2n) is 6.64. The quantitative estimate of drug-likeness (QED) is 0.831. The molecule has 1 fully saturated rings. The van der Waals surface area contributed by atoms with E-state index in [-0.39, 0.29) is 11.8 Å². The molecule has 0 N–H and O–H groups in total. The lowest BCUT2D eigenvalue weighted by Crippen LogP contribution is -2.37. The standard InChI is InChI=1S/C18H25N5O2/c1-13-17(14(2)22(3)21-13)9-18(24)23-6-7-25-11-15(10-23)8-16-4-5-19-12-20-16/h4-5,12,15H,6-11H2,1-3H3. The fraction of sp³-hybridized carbons (Fsp3) is 0.556. The number of nitrogens with zero attached hydrogens (tertiary/aromatic N) is 5. The van der Waals surface area contributed by atoms with E-state index in [1.165, 1.54) is 0 Å². The average Bonchev–Trinajstić information content (AvgIpc) is 2.78. The first kappa shape index (κ1) is 17.5. The Bertz CT molecular complexity index is 729. The summed E-state index contributed by atoms with van der Waals surface area (Å²) in [7, 11) is 1.91. The van der Waals surface area contributed by atoms with Gasteiger partial charge in [0.25, 0.3) is 0 Å². The number of hydrogen-bond donors (Lipinski definition) is 0. The zero-order chi connectivity index (χ0) is 17.8. The van der Waals surface area contributed by atoms with Gasteiger partial charge in [0.1, 0.15) is 6.33 Å². The van der Waals surface area contributed by atoms with Gasteiger partial charge in [-0.3, -0.25) is 9.48 Å². The first-order valence-corrected chi connectivity index (χ1v) is 8.64. The number of carbonyl (C=O) groups is 1. The van der Waals surface area contributed by atoms with Crippen molar-refractivity contribution in [3.05, 3.63) is 41.2 Å². The first-order valence-electron chi connectivity index (χ1n) is 8.64. The third kappa shape index (κ3) is 4.22. The van der Waals surface area contributed by atoms with Crippen molar-refractivity contribution in [1.82, 2.24) is 24.6 Å². The maximum Gasteiger partial charge on any atom is 0.227 e. The number of aromatic nitrogens is 4. The second-order valence-corrected chi connectivity index (χ2v) is 6.64. The van der Waals surface area contributed by atoms with Crippen molar-refractivity contribution in [2.75, 3.05) is 26.3 Å². The van der Waals surface area contributed by atoms with Crippen LogP contribution in [-0.2, 0) is 29.4 Å². The zero-order valence-electron chi connectivity index (χ0n) is 15.1. The van der Waals surface area contributed by atoms with Crippen molar-refractivity contribution >= 4 is 5.91 Å². The highest BCUT2D eigenvalue weighted by atomic mass is 16.5. The molecule has 1 aliphatic rings. The molecule has 0 spiro atoms. The van der Waals surface area contributed by atoms with Gasteiger partial charge in [-0.15, -0.1) is 0 Å². The molecular formula is C18H25N5O2. The van der Waals surface area contributed by atoms with Crippen molar-refractivity contribution in [2.24, 2.45) is 13.0 Å². The minimum Gasteiger partial charge on any atom is -0.379 e. The number of aryl methyl sites for hydroxylation is 2. The summed E-state index contributed by atoms with van der Waals surface area (Å²) in [5, 5.41) is 4.41. The number of hydrogen-bond acceptors (Lipinski definition) is 5. The van der Waals surface area contributed by atoms with Gasteiger partial charge in [-0.1, -0.05) is 0 Å². The van der Waals surface area contributed by atoms with Gasteiger partial charge in [-0.2, -0.15) is 5.10 Å². The summed E-state index contributed by atoms with van der Waals surface area (Å²) in [6.45, 7) is 6.53. The Morgan fingerprint density at radius 3 is 2.92 bits per heavy atom. The van der Waals surface area contributed by atoms with Crippen molar-refractivity contribution in [3.8, 4) is 0 Å². The molecule has 1 aliphatic heterocycles. The molecule has 7 heteroatoms. The molecule has 1 unspecified atom stereocenters. The molecule has 0 radical (unpaired) electrons. The van der Waals surface area contributed by atoms with Gasteiger partial charge in [-0.05, 0) is 26.3 Å². The number of rotatable bonds is 4. The zero-order valence-corrected chi connectivity index (χ0v) is 15.1. The highest BCUT2D eigenvalue weighted by Crippen LogP contribution is 2.17. The van der Waals surface area contributed by atoms with E-state index in [1.54, 1.807) is 12.5 Å². The van der Waals surface area contributed by atoms with Crippen LogP contribution in [0.25, 0.3) is 0 Å². The van der Waals surface area contributed by atoms with Gasteiger partial charge in [-0.25, -0.2) is 9.97 Å². The molecule has 134 valence electrons. The van der Waals surface area contributed by atoms with Gasteiger partial charge in [0.05, 0.1) is 25.3 Å². The van der Waals surface area contributed by atoms with E-state index in [0.29, 0.717) is 32.7 Å². The van der Waals surface area contributed by atoms with E-state index in [1.807, 2.05) is 36.5 Å². The molecule has 1 saturated heterocycles. The highest BCUT2D eigenvalue weighted by Gasteiger charge is 2.24. The minimum absolute atomic E-state index is 0.136. The molecule has 2 aromatic heterocycles. The van der Waals surface area contributed by atoms with Gasteiger partial charge >= 0.3 is 0 Å². The molecule has 25 heavy (non-hydrogen) atoms. The van der Waals surface area contributed by atoms with Crippen LogP contribution in [0.5, 0.6) is 0 Å². The molecule has 2 aromatic rings. The maximum absolute atomic E-state index is 12.8. The second kappa shape index (κ2) is 7.74. The Morgan fingerprint density at radius 2 is 2.24 bits per heavy atom. The lowest BCUT2D eigenvalue weighted by molar-refractivity contribution is -0.130. The normalized spacial score (nSPS) is 18.2. The van der Waals surface area contributed by atoms with E-state index in [0.717, 1.165) is 29.1 Å². The first-order chi connectivity index (χ1) is 12.0. The summed E-state index contributed by atoms with van der Waals surface area (Å²) < 4.78 is 7.54. The van der Waals surface area contributed by atoms with E-state index >= 15 is 0 Å². The third-order valence-corrected chi connectivity index (χ3v) is 4.82. The SMILES string of the molecule is Cc1nn(C)c(C)c1CC(=O)N1CCOCC(Cc2ccncn2)C1. The summed E-state index contributed by atoms with van der Waals surface area (Å²) >= 11 is 0. The van der Waals surface area contributed by atoms with Gasteiger partial charge in [0.15, 0.2) is 0 Å². The van der Waals surface area contributed by atoms with Crippen LogP contribution in [0.4, 0.5) is 0 Å². The van der Waals surface area contributed by atoms with Crippen LogP contribution in [0.3, 0.4) is 0 Å². The lowest BCUT2D eigenvalue weighted by atomic mass is 10.0. The van der Waals surface area contributed by atoms with E-state index in [9.17, 15) is 4.79 Å². The molecule has 0 aromatic carbocycles. The fourth-order valence-electron chi connectivity index (χ4n) is 3.30. The van der Waals surface area contributed by atoms with Crippen molar-refractivity contribution in [1.29, 1.82) is 0 Å². The van der Waals surface area contributed by atoms with E-state index in [4.69, 9.17) is 4.74 Å². The van der Waals surface area contributed by atoms with Crippen LogP contribution >= 0.6 is 0 Å².